The van der Waals surface area contributed by atoms with Gasteiger partial charge in [0.15, 0.2) is 0 Å². The van der Waals surface area contributed by atoms with Gasteiger partial charge in [-0.3, -0.25) is 4.98 Å². The summed E-state index contributed by atoms with van der Waals surface area (Å²) in [6, 6.07) is 12.9. The van der Waals surface area contributed by atoms with Gasteiger partial charge in [0.05, 0.1) is 17.9 Å². The highest BCUT2D eigenvalue weighted by Gasteiger charge is 2.12. The summed E-state index contributed by atoms with van der Waals surface area (Å²) in [5.74, 6) is 1.34. The molecule has 2 aromatic heterocycles. The molecule has 0 saturated heterocycles. The Balaban J connectivity index is 1.70. The first kappa shape index (κ1) is 16.7. The molecule has 6 heteroatoms. The smallest absolute Gasteiger partial charge is 0.321 e. The number of carbonyl (C=O) groups is 1. The van der Waals surface area contributed by atoms with Gasteiger partial charge in [-0.15, -0.1) is 0 Å². The first-order valence-corrected chi connectivity index (χ1v) is 7.99. The Labute approximate surface area is 146 Å². The lowest BCUT2D eigenvalue weighted by atomic mass is 10.2. The van der Waals surface area contributed by atoms with Gasteiger partial charge in [-0.05, 0) is 44.2 Å². The fraction of sp³-hybridized carbons (Fsp3) is 0.211. The summed E-state index contributed by atoms with van der Waals surface area (Å²) in [5.41, 5.74) is 3.20. The summed E-state index contributed by atoms with van der Waals surface area (Å²) >= 11 is 0. The van der Waals surface area contributed by atoms with E-state index in [0.29, 0.717) is 18.1 Å². The maximum absolute atomic E-state index is 12.4. The SMILES string of the molecule is Cc1nc(-c2cccc(NC(=O)N(C)Cc3ccccn3)c2)oc1C. The predicted molar refractivity (Wildman–Crippen MR) is 96.1 cm³/mol. The number of nitrogens with zero attached hydrogens (tertiary/aromatic N) is 3. The van der Waals surface area contributed by atoms with Crippen LogP contribution in [0, 0.1) is 13.8 Å². The summed E-state index contributed by atoms with van der Waals surface area (Å²) < 4.78 is 5.64. The van der Waals surface area contributed by atoms with Crippen LogP contribution in [0.5, 0.6) is 0 Å². The minimum absolute atomic E-state index is 0.206. The number of anilines is 1. The normalized spacial score (nSPS) is 10.5. The molecule has 0 aliphatic rings. The molecule has 0 aliphatic carbocycles. The fourth-order valence-corrected chi connectivity index (χ4v) is 2.35. The Hall–Kier alpha value is -3.15. The van der Waals surface area contributed by atoms with E-state index in [4.69, 9.17) is 4.42 Å². The number of carbonyl (C=O) groups excluding carboxylic acids is 1. The molecule has 6 nitrogen and oxygen atoms in total. The molecule has 1 aromatic carbocycles. The minimum Gasteiger partial charge on any atom is -0.441 e. The monoisotopic (exact) mass is 336 g/mol. The highest BCUT2D eigenvalue weighted by atomic mass is 16.4. The third-order valence-corrected chi connectivity index (χ3v) is 3.86. The van der Waals surface area contributed by atoms with Crippen LogP contribution in [0.25, 0.3) is 11.5 Å². The Morgan fingerprint density at radius 3 is 2.72 bits per heavy atom. The second-order valence-electron chi connectivity index (χ2n) is 5.85. The zero-order chi connectivity index (χ0) is 17.8. The van der Waals surface area contributed by atoms with Gasteiger partial charge >= 0.3 is 6.03 Å². The van der Waals surface area contributed by atoms with Crippen molar-refractivity contribution in [3.05, 3.63) is 65.8 Å². The number of pyridine rings is 1. The van der Waals surface area contributed by atoms with Crippen LogP contribution in [0.2, 0.25) is 0 Å². The van der Waals surface area contributed by atoms with Crippen LogP contribution in [-0.2, 0) is 6.54 Å². The van der Waals surface area contributed by atoms with Crippen LogP contribution in [0.15, 0.2) is 53.1 Å². The lowest BCUT2D eigenvalue weighted by Gasteiger charge is -2.17. The van der Waals surface area contributed by atoms with E-state index in [9.17, 15) is 4.79 Å². The van der Waals surface area contributed by atoms with E-state index in [-0.39, 0.29) is 6.03 Å². The first-order valence-electron chi connectivity index (χ1n) is 7.99. The second-order valence-corrected chi connectivity index (χ2v) is 5.85. The van der Waals surface area contributed by atoms with E-state index in [2.05, 4.69) is 15.3 Å². The average molecular weight is 336 g/mol. The van der Waals surface area contributed by atoms with E-state index >= 15 is 0 Å². The van der Waals surface area contributed by atoms with Crippen molar-refractivity contribution >= 4 is 11.7 Å². The Morgan fingerprint density at radius 1 is 1.20 bits per heavy atom. The summed E-state index contributed by atoms with van der Waals surface area (Å²) in [6.45, 7) is 4.22. The standard InChI is InChI=1S/C19H20N4O2/c1-13-14(2)25-18(21-13)15-7-6-9-16(11-15)22-19(24)23(3)12-17-8-4-5-10-20-17/h4-11H,12H2,1-3H3,(H,22,24). The van der Waals surface area contributed by atoms with Crippen molar-refractivity contribution in [3.8, 4) is 11.5 Å². The quantitative estimate of drug-likeness (QED) is 0.781. The number of hydrogen-bond donors (Lipinski definition) is 1. The molecule has 25 heavy (non-hydrogen) atoms. The topological polar surface area (TPSA) is 71.3 Å². The van der Waals surface area contributed by atoms with Gasteiger partial charge in [-0.1, -0.05) is 12.1 Å². The minimum atomic E-state index is -0.206. The first-order chi connectivity index (χ1) is 12.0. The van der Waals surface area contributed by atoms with Crippen molar-refractivity contribution in [1.82, 2.24) is 14.9 Å². The van der Waals surface area contributed by atoms with Crippen LogP contribution in [-0.4, -0.2) is 27.9 Å². The highest BCUT2D eigenvalue weighted by molar-refractivity contribution is 5.89. The molecule has 0 atom stereocenters. The summed E-state index contributed by atoms with van der Waals surface area (Å²) in [5, 5.41) is 2.88. The van der Waals surface area contributed by atoms with Crippen molar-refractivity contribution in [2.45, 2.75) is 20.4 Å². The van der Waals surface area contributed by atoms with Crippen LogP contribution < -0.4 is 5.32 Å². The van der Waals surface area contributed by atoms with Gasteiger partial charge in [-0.2, -0.15) is 0 Å². The number of urea groups is 1. The summed E-state index contributed by atoms with van der Waals surface area (Å²) in [4.78, 5) is 22.6. The lowest BCUT2D eigenvalue weighted by molar-refractivity contribution is 0.220. The fourth-order valence-electron chi connectivity index (χ4n) is 2.35. The van der Waals surface area contributed by atoms with Crippen molar-refractivity contribution < 1.29 is 9.21 Å². The molecule has 0 bridgehead atoms. The molecule has 0 radical (unpaired) electrons. The molecule has 2 amide bonds. The largest absolute Gasteiger partial charge is 0.441 e. The van der Waals surface area contributed by atoms with E-state index in [1.54, 1.807) is 18.1 Å². The van der Waals surface area contributed by atoms with E-state index < -0.39 is 0 Å². The highest BCUT2D eigenvalue weighted by Crippen LogP contribution is 2.24. The summed E-state index contributed by atoms with van der Waals surface area (Å²) in [7, 11) is 1.73. The summed E-state index contributed by atoms with van der Waals surface area (Å²) in [6.07, 6.45) is 1.71. The molecular weight excluding hydrogens is 316 g/mol. The molecule has 0 fully saturated rings. The third-order valence-electron chi connectivity index (χ3n) is 3.86. The number of aryl methyl sites for hydroxylation is 2. The van der Waals surface area contributed by atoms with Crippen LogP contribution in [0.1, 0.15) is 17.1 Å². The van der Waals surface area contributed by atoms with E-state index in [0.717, 1.165) is 22.7 Å². The number of hydrogen-bond acceptors (Lipinski definition) is 4. The second kappa shape index (κ2) is 7.17. The number of amides is 2. The van der Waals surface area contributed by atoms with Crippen molar-refractivity contribution in [2.24, 2.45) is 0 Å². The average Bonchev–Trinajstić information content (AvgIpc) is 2.95. The van der Waals surface area contributed by atoms with E-state index in [1.807, 2.05) is 56.3 Å². The van der Waals surface area contributed by atoms with Crippen LogP contribution >= 0.6 is 0 Å². The van der Waals surface area contributed by atoms with Gasteiger partial charge in [0.1, 0.15) is 5.76 Å². The van der Waals surface area contributed by atoms with Gasteiger partial charge in [0, 0.05) is 24.5 Å². The number of oxazole rings is 1. The Morgan fingerprint density at radius 2 is 2.04 bits per heavy atom. The Bertz CT molecular complexity index is 855. The van der Waals surface area contributed by atoms with Crippen molar-refractivity contribution in [2.75, 3.05) is 12.4 Å². The molecule has 2 heterocycles. The number of aromatic nitrogens is 2. The molecule has 1 N–H and O–H groups in total. The maximum Gasteiger partial charge on any atom is 0.321 e. The van der Waals surface area contributed by atoms with E-state index in [1.165, 1.54) is 0 Å². The van der Waals surface area contributed by atoms with Crippen LogP contribution in [0.4, 0.5) is 10.5 Å². The molecule has 0 unspecified atom stereocenters. The Kier molecular flexibility index (Phi) is 4.79. The van der Waals surface area contributed by atoms with Gasteiger partial charge in [-0.25, -0.2) is 9.78 Å². The zero-order valence-electron chi connectivity index (χ0n) is 14.5. The predicted octanol–water partition coefficient (Wildman–Crippen LogP) is 4.02. The van der Waals surface area contributed by atoms with Gasteiger partial charge in [0.2, 0.25) is 5.89 Å². The van der Waals surface area contributed by atoms with Gasteiger partial charge in [0.25, 0.3) is 0 Å². The van der Waals surface area contributed by atoms with Crippen molar-refractivity contribution in [1.29, 1.82) is 0 Å². The van der Waals surface area contributed by atoms with Gasteiger partial charge < -0.3 is 14.6 Å². The van der Waals surface area contributed by atoms with Crippen LogP contribution in [0.3, 0.4) is 0 Å². The third kappa shape index (κ3) is 4.03. The number of rotatable bonds is 4. The maximum atomic E-state index is 12.4. The van der Waals surface area contributed by atoms with Crippen molar-refractivity contribution in [3.63, 3.8) is 0 Å². The number of nitrogens with one attached hydrogen (secondary N) is 1. The molecule has 0 saturated carbocycles. The number of benzene rings is 1. The molecule has 0 aliphatic heterocycles. The molecule has 128 valence electrons. The molecule has 0 spiro atoms. The zero-order valence-corrected chi connectivity index (χ0v) is 14.5. The lowest BCUT2D eigenvalue weighted by Crippen LogP contribution is -2.31. The molecule has 3 aromatic rings. The molecule has 3 rings (SSSR count). The molecular formula is C19H20N4O2.